The number of hydrogen-bond acceptors (Lipinski definition) is 6. The topological polar surface area (TPSA) is 97.0 Å². The molecule has 0 atom stereocenters. The zero-order valence-electron chi connectivity index (χ0n) is 19.7. The van der Waals surface area contributed by atoms with Crippen LogP contribution in [0, 0.1) is 13.8 Å². The van der Waals surface area contributed by atoms with Crippen LogP contribution >= 0.6 is 0 Å². The molecule has 1 saturated heterocycles. The maximum absolute atomic E-state index is 12.9. The van der Waals surface area contributed by atoms with E-state index in [1.165, 1.54) is 19.2 Å². The Kier molecular flexibility index (Phi) is 6.02. The number of hydrogen-bond donors (Lipinski definition) is 1. The third-order valence-corrected chi connectivity index (χ3v) is 5.72. The number of furan rings is 1. The minimum absolute atomic E-state index is 0.00590. The van der Waals surface area contributed by atoms with E-state index in [9.17, 15) is 14.4 Å². The molecule has 3 aromatic rings. The number of carbonyl (C=O) groups is 3. The lowest BCUT2D eigenvalue weighted by atomic mass is 10.2. The first-order valence-corrected chi connectivity index (χ1v) is 10.7. The Morgan fingerprint density at radius 2 is 1.82 bits per heavy atom. The highest BCUT2D eigenvalue weighted by molar-refractivity contribution is 6.13. The van der Waals surface area contributed by atoms with Crippen molar-refractivity contribution in [1.29, 1.82) is 0 Å². The van der Waals surface area contributed by atoms with Crippen LogP contribution in [0.1, 0.15) is 33.3 Å². The summed E-state index contributed by atoms with van der Waals surface area (Å²) >= 11 is 0. The summed E-state index contributed by atoms with van der Waals surface area (Å²) < 4.78 is 12.1. The fourth-order valence-corrected chi connectivity index (χ4v) is 3.93. The van der Waals surface area contributed by atoms with E-state index >= 15 is 0 Å². The van der Waals surface area contributed by atoms with Gasteiger partial charge in [-0.05, 0) is 68.0 Å². The van der Waals surface area contributed by atoms with Crippen LogP contribution in [0.3, 0.4) is 0 Å². The Morgan fingerprint density at radius 3 is 2.47 bits per heavy atom. The average Bonchev–Trinajstić information content (AvgIpc) is 3.47. The smallest absolute Gasteiger partial charge is 0.373 e. The van der Waals surface area contributed by atoms with Crippen LogP contribution in [0.15, 0.2) is 52.6 Å². The molecule has 0 spiro atoms. The highest BCUT2D eigenvalue weighted by Gasteiger charge is 2.34. The van der Waals surface area contributed by atoms with Gasteiger partial charge in [-0.15, -0.1) is 0 Å². The van der Waals surface area contributed by atoms with Gasteiger partial charge >= 0.3 is 12.0 Å². The van der Waals surface area contributed by atoms with Crippen molar-refractivity contribution in [2.24, 2.45) is 0 Å². The molecule has 0 bridgehead atoms. The predicted octanol–water partition coefficient (Wildman–Crippen LogP) is 3.63. The summed E-state index contributed by atoms with van der Waals surface area (Å²) in [6.45, 7) is 3.86. The molecule has 176 valence electrons. The van der Waals surface area contributed by atoms with Crippen molar-refractivity contribution in [2.45, 2.75) is 20.4 Å². The van der Waals surface area contributed by atoms with Crippen LogP contribution in [-0.2, 0) is 16.1 Å². The highest BCUT2D eigenvalue weighted by atomic mass is 16.5. The minimum atomic E-state index is -0.629. The second-order valence-corrected chi connectivity index (χ2v) is 8.21. The first kappa shape index (κ1) is 22.9. The monoisotopic (exact) mass is 462 g/mol. The van der Waals surface area contributed by atoms with Crippen LogP contribution in [-0.4, -0.2) is 48.6 Å². The van der Waals surface area contributed by atoms with E-state index in [4.69, 9.17) is 4.42 Å². The number of nitrogens with zero attached hydrogens (tertiary/aromatic N) is 3. The van der Waals surface area contributed by atoms with E-state index in [0.717, 1.165) is 33.2 Å². The molecule has 2 aromatic heterocycles. The number of rotatable bonds is 6. The fourth-order valence-electron chi connectivity index (χ4n) is 3.93. The Labute approximate surface area is 197 Å². The molecule has 0 saturated carbocycles. The molecule has 3 heterocycles. The molecule has 9 heteroatoms. The Bertz CT molecular complexity index is 1300. The van der Waals surface area contributed by atoms with Gasteiger partial charge in [-0.25, -0.2) is 9.59 Å². The summed E-state index contributed by atoms with van der Waals surface area (Å²) in [7, 11) is 5.23. The number of urea groups is 1. The van der Waals surface area contributed by atoms with Crippen LogP contribution in [0.5, 0.6) is 0 Å². The standard InChI is InChI=1S/C25H26N4O5/c1-15-12-17(16(2)29(15)19-8-6-18(7-9-19)27(3)4)13-21-23(30)28(25(32)26-21)14-20-10-11-22(34-20)24(31)33-5/h6-13H,14H2,1-5H3,(H,26,32). The molecule has 0 aliphatic carbocycles. The zero-order chi connectivity index (χ0) is 24.6. The molecule has 1 N–H and O–H groups in total. The molecule has 3 amide bonds. The summed E-state index contributed by atoms with van der Waals surface area (Å²) in [5.74, 6) is -0.798. The number of imide groups is 1. The lowest BCUT2D eigenvalue weighted by Gasteiger charge is -2.14. The zero-order valence-corrected chi connectivity index (χ0v) is 19.7. The third-order valence-electron chi connectivity index (χ3n) is 5.72. The number of benzene rings is 1. The second-order valence-electron chi connectivity index (χ2n) is 8.21. The van der Waals surface area contributed by atoms with E-state index in [0.29, 0.717) is 5.76 Å². The van der Waals surface area contributed by atoms with Gasteiger partial charge in [-0.2, -0.15) is 0 Å². The van der Waals surface area contributed by atoms with Gasteiger partial charge in [0.05, 0.1) is 13.7 Å². The number of ether oxygens (including phenoxy) is 1. The number of amides is 3. The van der Waals surface area contributed by atoms with Crippen molar-refractivity contribution in [1.82, 2.24) is 14.8 Å². The van der Waals surface area contributed by atoms with Gasteiger partial charge in [-0.1, -0.05) is 0 Å². The number of aromatic nitrogens is 1. The number of aryl methyl sites for hydroxylation is 1. The molecule has 0 unspecified atom stereocenters. The highest BCUT2D eigenvalue weighted by Crippen LogP contribution is 2.26. The van der Waals surface area contributed by atoms with Crippen LogP contribution < -0.4 is 10.2 Å². The molecule has 0 radical (unpaired) electrons. The molecule has 9 nitrogen and oxygen atoms in total. The lowest BCUT2D eigenvalue weighted by molar-refractivity contribution is -0.123. The van der Waals surface area contributed by atoms with Gasteiger partial charge in [0, 0.05) is 36.9 Å². The van der Waals surface area contributed by atoms with E-state index in [2.05, 4.69) is 14.6 Å². The largest absolute Gasteiger partial charge is 0.463 e. The molecule has 1 aliphatic heterocycles. The number of carbonyl (C=O) groups excluding carboxylic acids is 3. The van der Waals surface area contributed by atoms with E-state index in [1.54, 1.807) is 6.08 Å². The van der Waals surface area contributed by atoms with Gasteiger partial charge in [0.25, 0.3) is 5.91 Å². The molecule has 1 fully saturated rings. The molecule has 1 aromatic carbocycles. The van der Waals surface area contributed by atoms with Crippen molar-refractivity contribution in [3.05, 3.63) is 76.6 Å². The summed E-state index contributed by atoms with van der Waals surface area (Å²) in [6, 6.07) is 12.6. The number of anilines is 1. The van der Waals surface area contributed by atoms with E-state index < -0.39 is 17.9 Å². The molecule has 34 heavy (non-hydrogen) atoms. The lowest BCUT2D eigenvalue weighted by Crippen LogP contribution is -2.30. The predicted molar refractivity (Wildman–Crippen MR) is 127 cm³/mol. The Morgan fingerprint density at radius 1 is 1.12 bits per heavy atom. The number of methoxy groups -OCH3 is 1. The van der Waals surface area contributed by atoms with Gasteiger partial charge in [-0.3, -0.25) is 9.69 Å². The molecule has 1 aliphatic rings. The minimum Gasteiger partial charge on any atom is -0.463 e. The first-order valence-electron chi connectivity index (χ1n) is 10.7. The van der Waals surface area contributed by atoms with Crippen molar-refractivity contribution < 1.29 is 23.5 Å². The summed E-state index contributed by atoms with van der Waals surface area (Å²) in [5.41, 5.74) is 5.05. The van der Waals surface area contributed by atoms with Gasteiger partial charge in [0.1, 0.15) is 11.5 Å². The molecule has 4 rings (SSSR count). The SMILES string of the molecule is COC(=O)c1ccc(CN2C(=O)NC(=Cc3cc(C)n(-c4ccc(N(C)C)cc4)c3C)C2=O)o1. The first-order chi connectivity index (χ1) is 16.2. The maximum atomic E-state index is 12.9. The third kappa shape index (κ3) is 4.19. The van der Waals surface area contributed by atoms with Crippen LogP contribution in [0.2, 0.25) is 0 Å². The summed E-state index contributed by atoms with van der Waals surface area (Å²) in [6.07, 6.45) is 1.68. The summed E-state index contributed by atoms with van der Waals surface area (Å²) in [5, 5.41) is 2.63. The second kappa shape index (κ2) is 8.93. The van der Waals surface area contributed by atoms with Crippen molar-refractivity contribution in [2.75, 3.05) is 26.1 Å². The summed E-state index contributed by atoms with van der Waals surface area (Å²) in [4.78, 5) is 40.0. The quantitative estimate of drug-likeness (QED) is 0.341. The molecular weight excluding hydrogens is 436 g/mol. The normalized spacial score (nSPS) is 14.6. The Hall–Kier alpha value is -4.27. The Balaban J connectivity index is 1.57. The van der Waals surface area contributed by atoms with Gasteiger partial charge in [0.15, 0.2) is 0 Å². The maximum Gasteiger partial charge on any atom is 0.373 e. The van der Waals surface area contributed by atoms with E-state index in [1.807, 2.05) is 63.2 Å². The van der Waals surface area contributed by atoms with Crippen LogP contribution in [0.25, 0.3) is 11.8 Å². The molecular formula is C25H26N4O5. The average molecular weight is 463 g/mol. The van der Waals surface area contributed by atoms with E-state index in [-0.39, 0.29) is 18.0 Å². The van der Waals surface area contributed by atoms with Crippen molar-refractivity contribution in [3.8, 4) is 5.69 Å². The van der Waals surface area contributed by atoms with Crippen LogP contribution in [0.4, 0.5) is 10.5 Å². The van der Waals surface area contributed by atoms with Crippen molar-refractivity contribution in [3.63, 3.8) is 0 Å². The van der Waals surface area contributed by atoms with Crippen molar-refractivity contribution >= 4 is 29.7 Å². The number of nitrogens with one attached hydrogen (secondary N) is 1. The van der Waals surface area contributed by atoms with Gasteiger partial charge < -0.3 is 23.9 Å². The number of esters is 1. The fraction of sp³-hybridized carbons (Fsp3) is 0.240. The van der Waals surface area contributed by atoms with Gasteiger partial charge in [0.2, 0.25) is 5.76 Å².